The summed E-state index contributed by atoms with van der Waals surface area (Å²) in [6, 6.07) is 8.87. The van der Waals surface area contributed by atoms with Crippen molar-refractivity contribution < 1.29 is 4.79 Å². The Bertz CT molecular complexity index is 480. The molecule has 0 fully saturated rings. The predicted octanol–water partition coefficient (Wildman–Crippen LogP) is 3.90. The average Bonchev–Trinajstić information content (AvgIpc) is 2.81. The Balaban J connectivity index is 1.86. The number of benzene rings is 1. The van der Waals surface area contributed by atoms with Crippen LogP contribution in [0.4, 0.5) is 0 Å². The Labute approximate surface area is 135 Å². The van der Waals surface area contributed by atoms with E-state index in [0.717, 1.165) is 38.8 Å². The van der Waals surface area contributed by atoms with Crippen molar-refractivity contribution in [1.82, 2.24) is 10.2 Å². The van der Waals surface area contributed by atoms with Crippen LogP contribution in [0.2, 0.25) is 0 Å². The van der Waals surface area contributed by atoms with Crippen molar-refractivity contribution in [2.75, 3.05) is 13.6 Å². The van der Waals surface area contributed by atoms with Crippen LogP contribution in [-0.4, -0.2) is 24.4 Å². The molecule has 0 aliphatic carbocycles. The molecule has 0 spiro atoms. The predicted molar refractivity (Wildman–Crippen MR) is 91.6 cm³/mol. The van der Waals surface area contributed by atoms with Crippen molar-refractivity contribution >= 4 is 5.91 Å². The van der Waals surface area contributed by atoms with Gasteiger partial charge in [-0.25, -0.2) is 0 Å². The molecule has 1 aliphatic rings. The van der Waals surface area contributed by atoms with Crippen molar-refractivity contribution in [2.45, 2.75) is 58.5 Å². The van der Waals surface area contributed by atoms with Gasteiger partial charge in [0.2, 0.25) is 5.91 Å². The number of rotatable bonds is 8. The third-order valence-electron chi connectivity index (χ3n) is 4.73. The summed E-state index contributed by atoms with van der Waals surface area (Å²) in [6.07, 6.45) is 5.33. The maximum Gasteiger partial charge on any atom is 0.220 e. The number of carbonyl (C=O) groups excluding carboxylic acids is 1. The van der Waals surface area contributed by atoms with E-state index in [1.807, 2.05) is 0 Å². The Morgan fingerprint density at radius 1 is 1.27 bits per heavy atom. The van der Waals surface area contributed by atoms with E-state index in [2.05, 4.69) is 55.4 Å². The number of amides is 1. The normalized spacial score (nSPS) is 17.7. The minimum Gasteiger partial charge on any atom is -0.354 e. The molecule has 3 nitrogen and oxygen atoms in total. The summed E-state index contributed by atoms with van der Waals surface area (Å²) < 4.78 is 0. The lowest BCUT2D eigenvalue weighted by Crippen LogP contribution is -2.33. The van der Waals surface area contributed by atoms with Gasteiger partial charge >= 0.3 is 0 Å². The summed E-state index contributed by atoms with van der Waals surface area (Å²) >= 11 is 0. The lowest BCUT2D eigenvalue weighted by atomic mass is 9.94. The molecule has 0 bridgehead atoms. The van der Waals surface area contributed by atoms with Crippen LogP contribution in [0.1, 0.15) is 63.1 Å². The van der Waals surface area contributed by atoms with Gasteiger partial charge in [0.25, 0.3) is 0 Å². The first-order chi connectivity index (χ1) is 10.7. The van der Waals surface area contributed by atoms with Crippen LogP contribution in [0.5, 0.6) is 0 Å². The van der Waals surface area contributed by atoms with Crippen molar-refractivity contribution in [2.24, 2.45) is 5.92 Å². The SMILES string of the molecule is CCCC(CCC)CC(=O)NCC1c2ccccc2CN1C. The minimum atomic E-state index is 0.213. The topological polar surface area (TPSA) is 32.3 Å². The lowest BCUT2D eigenvalue weighted by Gasteiger charge is -2.22. The molecule has 2 rings (SSSR count). The zero-order valence-electron chi connectivity index (χ0n) is 14.3. The summed E-state index contributed by atoms with van der Waals surface area (Å²) in [7, 11) is 2.13. The highest BCUT2D eigenvalue weighted by atomic mass is 16.1. The van der Waals surface area contributed by atoms with Crippen molar-refractivity contribution in [3.8, 4) is 0 Å². The monoisotopic (exact) mass is 302 g/mol. The summed E-state index contributed by atoms with van der Waals surface area (Å²) in [5.41, 5.74) is 2.75. The van der Waals surface area contributed by atoms with Crippen LogP contribution in [0.15, 0.2) is 24.3 Å². The fourth-order valence-electron chi connectivity index (χ4n) is 3.60. The first-order valence-electron chi connectivity index (χ1n) is 8.70. The van der Waals surface area contributed by atoms with Crippen molar-refractivity contribution in [3.63, 3.8) is 0 Å². The standard InChI is InChI=1S/C19H30N2O/c1-4-8-15(9-5-2)12-19(22)20-13-18-17-11-7-6-10-16(17)14-21(18)3/h6-7,10-11,15,18H,4-5,8-9,12-14H2,1-3H3,(H,20,22). The molecule has 0 radical (unpaired) electrons. The van der Waals surface area contributed by atoms with E-state index < -0.39 is 0 Å². The molecule has 1 aliphatic heterocycles. The second-order valence-electron chi connectivity index (χ2n) is 6.58. The Hall–Kier alpha value is -1.35. The molecule has 1 atom stereocenters. The number of hydrogen-bond donors (Lipinski definition) is 1. The Kier molecular flexibility index (Phi) is 6.44. The maximum absolute atomic E-state index is 12.2. The smallest absolute Gasteiger partial charge is 0.220 e. The number of fused-ring (bicyclic) bond motifs is 1. The van der Waals surface area contributed by atoms with E-state index in [9.17, 15) is 4.79 Å². The maximum atomic E-state index is 12.2. The molecule has 1 unspecified atom stereocenters. The summed E-state index contributed by atoms with van der Waals surface area (Å²) in [4.78, 5) is 14.6. The summed E-state index contributed by atoms with van der Waals surface area (Å²) in [5, 5.41) is 3.16. The van der Waals surface area contributed by atoms with Crippen LogP contribution >= 0.6 is 0 Å². The van der Waals surface area contributed by atoms with Gasteiger partial charge in [-0.3, -0.25) is 9.69 Å². The molecular weight excluding hydrogens is 272 g/mol. The molecule has 1 heterocycles. The van der Waals surface area contributed by atoms with Crippen molar-refractivity contribution in [1.29, 1.82) is 0 Å². The second-order valence-corrected chi connectivity index (χ2v) is 6.58. The Morgan fingerprint density at radius 2 is 1.95 bits per heavy atom. The largest absolute Gasteiger partial charge is 0.354 e. The van der Waals surface area contributed by atoms with Gasteiger partial charge in [-0.2, -0.15) is 0 Å². The third kappa shape index (κ3) is 4.33. The van der Waals surface area contributed by atoms with Gasteiger partial charge in [-0.15, -0.1) is 0 Å². The number of hydrogen-bond acceptors (Lipinski definition) is 2. The number of likely N-dealkylation sites (N-methyl/N-ethyl adjacent to an activating group) is 1. The molecule has 0 aromatic heterocycles. The fraction of sp³-hybridized carbons (Fsp3) is 0.632. The van der Waals surface area contributed by atoms with Gasteiger partial charge in [0.15, 0.2) is 0 Å². The number of nitrogens with zero attached hydrogens (tertiary/aromatic N) is 1. The first kappa shape index (κ1) is 17.0. The van der Waals surface area contributed by atoms with Gasteiger partial charge < -0.3 is 5.32 Å². The average molecular weight is 302 g/mol. The minimum absolute atomic E-state index is 0.213. The van der Waals surface area contributed by atoms with E-state index in [0.29, 0.717) is 18.4 Å². The number of carbonyl (C=O) groups is 1. The summed E-state index contributed by atoms with van der Waals surface area (Å²) in [5.74, 6) is 0.758. The molecule has 22 heavy (non-hydrogen) atoms. The fourth-order valence-corrected chi connectivity index (χ4v) is 3.60. The van der Waals surface area contributed by atoms with Crippen LogP contribution < -0.4 is 5.32 Å². The van der Waals surface area contributed by atoms with Gasteiger partial charge in [0.05, 0.1) is 6.04 Å². The number of nitrogens with one attached hydrogen (secondary N) is 1. The van der Waals surface area contributed by atoms with Gasteiger partial charge in [-0.05, 0) is 24.1 Å². The molecule has 1 aromatic rings. The van der Waals surface area contributed by atoms with Gasteiger partial charge in [0, 0.05) is 19.5 Å². The molecule has 0 saturated heterocycles. The highest BCUT2D eigenvalue weighted by molar-refractivity contribution is 5.76. The van der Waals surface area contributed by atoms with E-state index >= 15 is 0 Å². The molecule has 122 valence electrons. The zero-order valence-corrected chi connectivity index (χ0v) is 14.3. The molecule has 1 N–H and O–H groups in total. The van der Waals surface area contributed by atoms with Crippen LogP contribution in [0.3, 0.4) is 0 Å². The molecular formula is C19H30N2O. The lowest BCUT2D eigenvalue weighted by molar-refractivity contribution is -0.122. The molecule has 0 saturated carbocycles. The van der Waals surface area contributed by atoms with E-state index in [-0.39, 0.29) is 5.91 Å². The van der Waals surface area contributed by atoms with Crippen LogP contribution in [0.25, 0.3) is 0 Å². The van der Waals surface area contributed by atoms with Gasteiger partial charge in [-0.1, -0.05) is 63.8 Å². The zero-order chi connectivity index (χ0) is 15.9. The van der Waals surface area contributed by atoms with E-state index in [1.54, 1.807) is 0 Å². The van der Waals surface area contributed by atoms with E-state index in [4.69, 9.17) is 0 Å². The summed E-state index contributed by atoms with van der Waals surface area (Å²) in [6.45, 7) is 6.10. The van der Waals surface area contributed by atoms with Gasteiger partial charge in [0.1, 0.15) is 0 Å². The third-order valence-corrected chi connectivity index (χ3v) is 4.73. The second kappa shape index (κ2) is 8.33. The Morgan fingerprint density at radius 3 is 2.64 bits per heavy atom. The van der Waals surface area contributed by atoms with Crippen LogP contribution in [0, 0.1) is 5.92 Å². The van der Waals surface area contributed by atoms with Crippen LogP contribution in [-0.2, 0) is 11.3 Å². The quantitative estimate of drug-likeness (QED) is 0.790. The first-order valence-corrected chi connectivity index (χ1v) is 8.70. The highest BCUT2D eigenvalue weighted by Gasteiger charge is 2.27. The van der Waals surface area contributed by atoms with Crippen molar-refractivity contribution in [3.05, 3.63) is 35.4 Å². The molecule has 1 amide bonds. The molecule has 1 aromatic carbocycles. The van der Waals surface area contributed by atoms with E-state index in [1.165, 1.54) is 11.1 Å². The highest BCUT2D eigenvalue weighted by Crippen LogP contribution is 2.31. The molecule has 3 heteroatoms.